The lowest BCUT2D eigenvalue weighted by Gasteiger charge is -2.34. The van der Waals surface area contributed by atoms with Crippen LogP contribution in [0.5, 0.6) is 0 Å². The number of sulfonamides is 1. The van der Waals surface area contributed by atoms with Crippen molar-refractivity contribution in [2.45, 2.75) is 45.1 Å². The van der Waals surface area contributed by atoms with Gasteiger partial charge in [0.1, 0.15) is 0 Å². The van der Waals surface area contributed by atoms with Gasteiger partial charge >= 0.3 is 5.97 Å². The highest BCUT2D eigenvalue weighted by atomic mass is 32.2. The highest BCUT2D eigenvalue weighted by Crippen LogP contribution is 2.21. The fourth-order valence-corrected chi connectivity index (χ4v) is 4.81. The van der Waals surface area contributed by atoms with Gasteiger partial charge < -0.3 is 9.64 Å². The van der Waals surface area contributed by atoms with Crippen molar-refractivity contribution < 1.29 is 22.7 Å². The molecule has 1 amide bonds. The highest BCUT2D eigenvalue weighted by molar-refractivity contribution is 7.89. The van der Waals surface area contributed by atoms with Crippen molar-refractivity contribution in [2.24, 2.45) is 11.8 Å². The van der Waals surface area contributed by atoms with E-state index >= 15 is 0 Å². The van der Waals surface area contributed by atoms with E-state index in [2.05, 4.69) is 13.8 Å². The molecule has 0 spiro atoms. The molecule has 0 aromatic heterocycles. The normalized spacial score (nSPS) is 20.5. The maximum Gasteiger partial charge on any atom is 0.338 e. The lowest BCUT2D eigenvalue weighted by Crippen LogP contribution is -2.44. The van der Waals surface area contributed by atoms with E-state index < -0.39 is 16.0 Å². The fraction of sp³-hybridized carbons (Fsp3) is 0.600. The summed E-state index contributed by atoms with van der Waals surface area (Å²) in [6.45, 7) is 8.71. The van der Waals surface area contributed by atoms with Crippen LogP contribution in [-0.2, 0) is 19.6 Å². The predicted molar refractivity (Wildman–Crippen MR) is 106 cm³/mol. The first-order valence-corrected chi connectivity index (χ1v) is 11.0. The van der Waals surface area contributed by atoms with Crippen LogP contribution in [0.3, 0.4) is 0 Å². The summed E-state index contributed by atoms with van der Waals surface area (Å²) < 4.78 is 31.6. The van der Waals surface area contributed by atoms with Crippen LogP contribution in [0.25, 0.3) is 0 Å². The number of amides is 1. The maximum atomic E-state index is 12.6. The van der Waals surface area contributed by atoms with Gasteiger partial charge in [0.25, 0.3) is 5.91 Å². The van der Waals surface area contributed by atoms with E-state index in [4.69, 9.17) is 4.74 Å². The number of nitrogens with zero attached hydrogens (tertiary/aromatic N) is 2. The lowest BCUT2D eigenvalue weighted by molar-refractivity contribution is -0.137. The van der Waals surface area contributed by atoms with Gasteiger partial charge in [0, 0.05) is 26.2 Å². The summed E-state index contributed by atoms with van der Waals surface area (Å²) >= 11 is 0. The van der Waals surface area contributed by atoms with E-state index in [1.54, 1.807) is 18.7 Å². The minimum atomic E-state index is -3.70. The topological polar surface area (TPSA) is 84.0 Å². The summed E-state index contributed by atoms with van der Waals surface area (Å²) in [6, 6.07) is 5.48. The molecule has 0 bridgehead atoms. The van der Waals surface area contributed by atoms with E-state index in [-0.39, 0.29) is 29.0 Å². The molecule has 1 aromatic carbocycles. The number of carbonyl (C=O) groups excluding carboxylic acids is 2. The SMILES string of the molecule is CC(C)N(C)S(=O)(=O)c1cccc(C(=O)OCC(=O)N2C[C@H](C)C[C@@H](C)C2)c1. The average molecular weight is 411 g/mol. The van der Waals surface area contributed by atoms with Gasteiger partial charge in [-0.1, -0.05) is 19.9 Å². The first-order chi connectivity index (χ1) is 13.0. The third-order valence-electron chi connectivity index (χ3n) is 5.02. The molecule has 28 heavy (non-hydrogen) atoms. The van der Waals surface area contributed by atoms with Gasteiger partial charge in [0.2, 0.25) is 10.0 Å². The van der Waals surface area contributed by atoms with Gasteiger partial charge in [-0.2, -0.15) is 4.31 Å². The van der Waals surface area contributed by atoms with Gasteiger partial charge in [-0.3, -0.25) is 4.79 Å². The zero-order valence-electron chi connectivity index (χ0n) is 17.2. The second-order valence-corrected chi connectivity index (χ2v) is 9.96. The van der Waals surface area contributed by atoms with Gasteiger partial charge in [-0.15, -0.1) is 0 Å². The van der Waals surface area contributed by atoms with Crippen molar-refractivity contribution >= 4 is 21.9 Å². The third-order valence-corrected chi connectivity index (χ3v) is 7.05. The van der Waals surface area contributed by atoms with Crippen LogP contribution < -0.4 is 0 Å². The zero-order chi connectivity index (χ0) is 21.1. The Morgan fingerprint density at radius 1 is 1.21 bits per heavy atom. The molecule has 7 nitrogen and oxygen atoms in total. The van der Waals surface area contributed by atoms with Crippen LogP contribution in [0.2, 0.25) is 0 Å². The predicted octanol–water partition coefficient (Wildman–Crippen LogP) is 2.38. The fourth-order valence-electron chi connectivity index (χ4n) is 3.40. The molecule has 0 saturated carbocycles. The number of benzene rings is 1. The van der Waals surface area contributed by atoms with E-state index in [9.17, 15) is 18.0 Å². The first kappa shape index (κ1) is 22.4. The number of esters is 1. The molecule has 2 rings (SSSR count). The molecule has 1 saturated heterocycles. The molecule has 1 aliphatic heterocycles. The Labute approximate surface area is 167 Å². The number of likely N-dealkylation sites (tertiary alicyclic amines) is 1. The van der Waals surface area contributed by atoms with Crippen molar-refractivity contribution in [1.82, 2.24) is 9.21 Å². The molecule has 2 atom stereocenters. The molecule has 1 heterocycles. The Hall–Kier alpha value is -1.93. The Morgan fingerprint density at radius 3 is 2.39 bits per heavy atom. The second kappa shape index (κ2) is 9.05. The molecule has 0 N–H and O–H groups in total. The van der Waals surface area contributed by atoms with Gasteiger partial charge in [-0.05, 0) is 50.3 Å². The van der Waals surface area contributed by atoms with Crippen molar-refractivity contribution in [2.75, 3.05) is 26.7 Å². The van der Waals surface area contributed by atoms with Crippen LogP contribution in [0, 0.1) is 11.8 Å². The summed E-state index contributed by atoms with van der Waals surface area (Å²) in [5.74, 6) is -0.0998. The van der Waals surface area contributed by atoms with Crippen LogP contribution >= 0.6 is 0 Å². The Morgan fingerprint density at radius 2 is 1.82 bits per heavy atom. The number of hydrogen-bond donors (Lipinski definition) is 0. The first-order valence-electron chi connectivity index (χ1n) is 9.55. The number of hydrogen-bond acceptors (Lipinski definition) is 5. The largest absolute Gasteiger partial charge is 0.452 e. The standard InChI is InChI=1S/C20H30N2O5S/c1-14(2)21(5)28(25,26)18-8-6-7-17(10-18)20(24)27-13-19(23)22-11-15(3)9-16(4)12-22/h6-8,10,14-16H,9,11-13H2,1-5H3/t15-,16-/m1/s1. The molecule has 0 aliphatic carbocycles. The van der Waals surface area contributed by atoms with E-state index in [1.807, 2.05) is 0 Å². The smallest absolute Gasteiger partial charge is 0.338 e. The molecule has 1 fully saturated rings. The molecular formula is C20H30N2O5S. The number of piperidine rings is 1. The van der Waals surface area contributed by atoms with Crippen LogP contribution in [0.15, 0.2) is 29.2 Å². The third kappa shape index (κ3) is 5.32. The minimum absolute atomic E-state index is 0.0168. The summed E-state index contributed by atoms with van der Waals surface area (Å²) in [5.41, 5.74) is 0.103. The quantitative estimate of drug-likeness (QED) is 0.673. The average Bonchev–Trinajstić information content (AvgIpc) is 2.64. The van der Waals surface area contributed by atoms with E-state index in [0.29, 0.717) is 24.9 Å². The lowest BCUT2D eigenvalue weighted by atomic mass is 9.92. The molecule has 8 heteroatoms. The van der Waals surface area contributed by atoms with Gasteiger partial charge in [-0.25, -0.2) is 13.2 Å². The van der Waals surface area contributed by atoms with Crippen LogP contribution in [-0.4, -0.2) is 62.3 Å². The monoisotopic (exact) mass is 410 g/mol. The molecule has 0 unspecified atom stereocenters. The Kier molecular flexibility index (Phi) is 7.22. The summed E-state index contributed by atoms with van der Waals surface area (Å²) in [6.07, 6.45) is 1.08. The van der Waals surface area contributed by atoms with Crippen molar-refractivity contribution in [1.29, 1.82) is 0 Å². The van der Waals surface area contributed by atoms with Crippen LogP contribution in [0.4, 0.5) is 0 Å². The highest BCUT2D eigenvalue weighted by Gasteiger charge is 2.27. The summed E-state index contributed by atoms with van der Waals surface area (Å²) in [4.78, 5) is 26.4. The van der Waals surface area contributed by atoms with Gasteiger partial charge in [0.05, 0.1) is 10.5 Å². The van der Waals surface area contributed by atoms with Crippen molar-refractivity contribution in [3.05, 3.63) is 29.8 Å². The van der Waals surface area contributed by atoms with E-state index in [1.165, 1.54) is 35.6 Å². The van der Waals surface area contributed by atoms with Crippen LogP contribution in [0.1, 0.15) is 44.5 Å². The second-order valence-electron chi connectivity index (χ2n) is 7.96. The van der Waals surface area contributed by atoms with Crippen molar-refractivity contribution in [3.8, 4) is 0 Å². The van der Waals surface area contributed by atoms with Crippen molar-refractivity contribution in [3.63, 3.8) is 0 Å². The Bertz CT molecular complexity index is 812. The number of rotatable bonds is 6. The molecule has 0 radical (unpaired) electrons. The van der Waals surface area contributed by atoms with E-state index in [0.717, 1.165) is 6.42 Å². The molecule has 1 aliphatic rings. The number of ether oxygens (including phenoxy) is 1. The minimum Gasteiger partial charge on any atom is -0.452 e. The molecule has 156 valence electrons. The molecule has 1 aromatic rings. The van der Waals surface area contributed by atoms with Gasteiger partial charge in [0.15, 0.2) is 6.61 Å². The maximum absolute atomic E-state index is 12.6. The zero-order valence-corrected chi connectivity index (χ0v) is 18.0. The number of carbonyl (C=O) groups is 2. The summed E-state index contributed by atoms with van der Waals surface area (Å²) in [5, 5.41) is 0. The Balaban J connectivity index is 2.04. The molecular weight excluding hydrogens is 380 g/mol. The summed E-state index contributed by atoms with van der Waals surface area (Å²) in [7, 11) is -2.21.